The van der Waals surface area contributed by atoms with Gasteiger partial charge in [-0.2, -0.15) is 5.10 Å². The largest absolute Gasteiger partial charge is 0.469 e. The molecule has 0 fully saturated rings. The van der Waals surface area contributed by atoms with Gasteiger partial charge in [0.2, 0.25) is 0 Å². The third-order valence-corrected chi connectivity index (χ3v) is 4.40. The minimum absolute atomic E-state index is 0.168. The molecule has 0 bridgehead atoms. The standard InChI is InChI=1S/C18H20ClN3O2/c1-10-12(9-14(23)24-5)16(18(2,3)4)22-17(20-10)11-7-6-8-13(19)15(11)21-22/h6-8H,9H2,1-5H3. The molecule has 3 aromatic rings. The Kier molecular flexibility index (Phi) is 4.00. The Hall–Kier alpha value is -2.14. The Morgan fingerprint density at radius 2 is 2.04 bits per heavy atom. The third kappa shape index (κ3) is 2.63. The summed E-state index contributed by atoms with van der Waals surface area (Å²) in [6, 6.07) is 5.67. The molecule has 0 spiro atoms. The summed E-state index contributed by atoms with van der Waals surface area (Å²) in [6.45, 7) is 8.19. The van der Waals surface area contributed by atoms with Gasteiger partial charge in [0.15, 0.2) is 5.65 Å². The second kappa shape index (κ2) is 5.74. The van der Waals surface area contributed by atoms with Gasteiger partial charge in [0.25, 0.3) is 0 Å². The van der Waals surface area contributed by atoms with Crippen LogP contribution in [-0.2, 0) is 21.4 Å². The van der Waals surface area contributed by atoms with Crippen LogP contribution < -0.4 is 0 Å². The van der Waals surface area contributed by atoms with Gasteiger partial charge < -0.3 is 4.74 Å². The number of fused-ring (bicyclic) bond motifs is 3. The third-order valence-electron chi connectivity index (χ3n) is 4.10. The topological polar surface area (TPSA) is 56.5 Å². The van der Waals surface area contributed by atoms with Crippen molar-refractivity contribution in [1.29, 1.82) is 0 Å². The van der Waals surface area contributed by atoms with E-state index >= 15 is 0 Å². The van der Waals surface area contributed by atoms with E-state index in [4.69, 9.17) is 21.3 Å². The molecule has 0 saturated heterocycles. The van der Waals surface area contributed by atoms with Crippen molar-refractivity contribution in [2.45, 2.75) is 39.5 Å². The summed E-state index contributed by atoms with van der Waals surface area (Å²) in [5, 5.41) is 6.18. The van der Waals surface area contributed by atoms with Crippen LogP contribution in [0.25, 0.3) is 16.6 Å². The lowest BCUT2D eigenvalue weighted by Crippen LogP contribution is -2.23. The first-order chi connectivity index (χ1) is 11.2. The zero-order chi connectivity index (χ0) is 17.6. The predicted molar refractivity (Wildman–Crippen MR) is 94.7 cm³/mol. The summed E-state index contributed by atoms with van der Waals surface area (Å²) in [5.74, 6) is -0.292. The Labute approximate surface area is 145 Å². The molecule has 0 aliphatic heterocycles. The van der Waals surface area contributed by atoms with E-state index in [0.717, 1.165) is 28.0 Å². The van der Waals surface area contributed by atoms with Gasteiger partial charge in [0.05, 0.1) is 24.2 Å². The van der Waals surface area contributed by atoms with Gasteiger partial charge in [-0.1, -0.05) is 38.4 Å². The molecule has 2 heterocycles. The van der Waals surface area contributed by atoms with Gasteiger partial charge in [0.1, 0.15) is 5.52 Å². The monoisotopic (exact) mass is 345 g/mol. The summed E-state index contributed by atoms with van der Waals surface area (Å²) in [5.41, 5.74) is 3.84. The minimum Gasteiger partial charge on any atom is -0.469 e. The molecule has 0 N–H and O–H groups in total. The van der Waals surface area contributed by atoms with Crippen LogP contribution in [0.1, 0.15) is 37.7 Å². The number of hydrogen-bond donors (Lipinski definition) is 0. The normalized spacial score (nSPS) is 12.1. The number of aromatic nitrogens is 3. The number of nitrogens with zero attached hydrogens (tertiary/aromatic N) is 3. The highest BCUT2D eigenvalue weighted by molar-refractivity contribution is 6.35. The molecular weight excluding hydrogens is 326 g/mol. The number of carbonyl (C=O) groups is 1. The Morgan fingerprint density at radius 1 is 1.33 bits per heavy atom. The predicted octanol–water partition coefficient (Wildman–Crippen LogP) is 3.86. The average molecular weight is 346 g/mol. The van der Waals surface area contributed by atoms with Crippen molar-refractivity contribution in [3.05, 3.63) is 40.2 Å². The zero-order valence-electron chi connectivity index (χ0n) is 14.5. The molecule has 24 heavy (non-hydrogen) atoms. The Balaban J connectivity index is 2.44. The highest BCUT2D eigenvalue weighted by Crippen LogP contribution is 2.32. The van der Waals surface area contributed by atoms with Crippen LogP contribution in [0.3, 0.4) is 0 Å². The minimum atomic E-state index is -0.292. The van der Waals surface area contributed by atoms with Crippen LogP contribution in [0, 0.1) is 6.92 Å². The van der Waals surface area contributed by atoms with Gasteiger partial charge >= 0.3 is 5.97 Å². The number of methoxy groups -OCH3 is 1. The summed E-state index contributed by atoms with van der Waals surface area (Å²) in [6.07, 6.45) is 0.168. The molecule has 0 aliphatic rings. The molecule has 5 nitrogen and oxygen atoms in total. The lowest BCUT2D eigenvalue weighted by molar-refractivity contribution is -0.139. The molecule has 0 radical (unpaired) electrons. The quantitative estimate of drug-likeness (QED) is 0.662. The van der Waals surface area contributed by atoms with E-state index in [2.05, 4.69) is 25.9 Å². The summed E-state index contributed by atoms with van der Waals surface area (Å²) in [4.78, 5) is 16.6. The van der Waals surface area contributed by atoms with Crippen molar-refractivity contribution in [3.8, 4) is 0 Å². The molecule has 6 heteroatoms. The maximum absolute atomic E-state index is 11.9. The second-order valence-corrected chi connectivity index (χ2v) is 7.31. The van der Waals surface area contributed by atoms with Crippen LogP contribution >= 0.6 is 11.6 Å². The van der Waals surface area contributed by atoms with Crippen LogP contribution in [0.5, 0.6) is 0 Å². The molecule has 0 amide bonds. The Bertz CT molecular complexity index is 954. The summed E-state index contributed by atoms with van der Waals surface area (Å²) >= 11 is 6.30. The van der Waals surface area contributed by atoms with Crippen molar-refractivity contribution in [1.82, 2.24) is 14.6 Å². The van der Waals surface area contributed by atoms with Gasteiger partial charge in [-0.3, -0.25) is 4.79 Å². The van der Waals surface area contributed by atoms with E-state index in [1.165, 1.54) is 7.11 Å². The number of rotatable bonds is 2. The van der Waals surface area contributed by atoms with E-state index in [0.29, 0.717) is 10.5 Å². The zero-order valence-corrected chi connectivity index (χ0v) is 15.2. The van der Waals surface area contributed by atoms with Crippen molar-refractivity contribution >= 4 is 34.1 Å². The summed E-state index contributed by atoms with van der Waals surface area (Å²) in [7, 11) is 1.39. The molecule has 0 atom stereocenters. The lowest BCUT2D eigenvalue weighted by Gasteiger charge is -2.24. The number of hydrogen-bond acceptors (Lipinski definition) is 4. The van der Waals surface area contributed by atoms with Crippen molar-refractivity contribution < 1.29 is 9.53 Å². The Morgan fingerprint density at radius 3 is 2.67 bits per heavy atom. The molecule has 0 unspecified atom stereocenters. The number of ether oxygens (including phenoxy) is 1. The highest BCUT2D eigenvalue weighted by atomic mass is 35.5. The molecule has 1 aromatic carbocycles. The van der Waals surface area contributed by atoms with E-state index in [9.17, 15) is 4.79 Å². The van der Waals surface area contributed by atoms with Gasteiger partial charge in [0, 0.05) is 22.1 Å². The van der Waals surface area contributed by atoms with Crippen molar-refractivity contribution in [2.24, 2.45) is 0 Å². The van der Waals surface area contributed by atoms with Gasteiger partial charge in [-0.05, 0) is 19.1 Å². The molecule has 2 aromatic heterocycles. The number of aryl methyl sites for hydroxylation is 1. The molecule has 0 saturated carbocycles. The molecule has 126 valence electrons. The van der Waals surface area contributed by atoms with Gasteiger partial charge in [-0.25, -0.2) is 9.50 Å². The van der Waals surface area contributed by atoms with E-state index in [-0.39, 0.29) is 17.8 Å². The number of halogens is 1. The maximum Gasteiger partial charge on any atom is 0.310 e. The smallest absolute Gasteiger partial charge is 0.310 e. The van der Waals surface area contributed by atoms with E-state index < -0.39 is 0 Å². The number of esters is 1. The molecule has 3 rings (SSSR count). The number of benzene rings is 1. The number of carbonyl (C=O) groups excluding carboxylic acids is 1. The molecular formula is C18H20ClN3O2. The van der Waals surface area contributed by atoms with Crippen LogP contribution in [-0.4, -0.2) is 27.7 Å². The first kappa shape index (κ1) is 16.7. The fraction of sp³-hybridized carbons (Fsp3) is 0.389. The van der Waals surface area contributed by atoms with Crippen molar-refractivity contribution in [2.75, 3.05) is 7.11 Å². The van der Waals surface area contributed by atoms with Crippen LogP contribution in [0.4, 0.5) is 0 Å². The molecule has 0 aliphatic carbocycles. The maximum atomic E-state index is 11.9. The van der Waals surface area contributed by atoms with Crippen LogP contribution in [0.15, 0.2) is 18.2 Å². The first-order valence-corrected chi connectivity index (χ1v) is 8.15. The fourth-order valence-corrected chi connectivity index (χ4v) is 3.26. The lowest BCUT2D eigenvalue weighted by atomic mass is 9.86. The van der Waals surface area contributed by atoms with Crippen molar-refractivity contribution in [3.63, 3.8) is 0 Å². The second-order valence-electron chi connectivity index (χ2n) is 6.90. The summed E-state index contributed by atoms with van der Waals surface area (Å²) < 4.78 is 6.67. The fourth-order valence-electron chi connectivity index (χ4n) is 3.05. The first-order valence-electron chi connectivity index (χ1n) is 7.77. The van der Waals surface area contributed by atoms with Crippen LogP contribution in [0.2, 0.25) is 5.02 Å². The SMILES string of the molecule is COC(=O)Cc1c(C)nc2c3cccc(Cl)c3nn2c1C(C)(C)C. The average Bonchev–Trinajstić information content (AvgIpc) is 2.86. The van der Waals surface area contributed by atoms with E-state index in [1.54, 1.807) is 0 Å². The highest BCUT2D eigenvalue weighted by Gasteiger charge is 2.27. The van der Waals surface area contributed by atoms with Gasteiger partial charge in [-0.15, -0.1) is 0 Å². The van der Waals surface area contributed by atoms with E-state index in [1.807, 2.05) is 29.6 Å².